The van der Waals surface area contributed by atoms with Crippen LogP contribution in [0.5, 0.6) is 5.75 Å². The summed E-state index contributed by atoms with van der Waals surface area (Å²) >= 11 is 13.7. The van der Waals surface area contributed by atoms with E-state index < -0.39 is 0 Å². The van der Waals surface area contributed by atoms with Gasteiger partial charge in [-0.25, -0.2) is 4.39 Å². The molecule has 2 heterocycles. The third-order valence-corrected chi connectivity index (χ3v) is 6.51. The van der Waals surface area contributed by atoms with Gasteiger partial charge in [0.05, 0.1) is 24.8 Å². The van der Waals surface area contributed by atoms with Crippen molar-refractivity contribution < 1.29 is 13.9 Å². The third-order valence-electron chi connectivity index (χ3n) is 5.03. The number of thioether (sulfide) groups is 1. The van der Waals surface area contributed by atoms with E-state index in [9.17, 15) is 4.39 Å². The highest BCUT2D eigenvalue weighted by atomic mass is 35.5. The Bertz CT molecular complexity index is 1030. The number of morpholine rings is 1. The summed E-state index contributed by atoms with van der Waals surface area (Å²) in [7, 11) is 0. The van der Waals surface area contributed by atoms with Crippen molar-refractivity contribution in [3.05, 3.63) is 58.3 Å². The van der Waals surface area contributed by atoms with Gasteiger partial charge in [-0.3, -0.25) is 4.90 Å². The zero-order valence-corrected chi connectivity index (χ0v) is 19.7. The fourth-order valence-corrected chi connectivity index (χ4v) is 4.46. The maximum Gasteiger partial charge on any atom is 0.191 e. The summed E-state index contributed by atoms with van der Waals surface area (Å²) in [5.74, 6) is 1.65. The summed E-state index contributed by atoms with van der Waals surface area (Å²) in [5, 5.41) is 10.7. The maximum absolute atomic E-state index is 13.4. The zero-order chi connectivity index (χ0) is 22.3. The smallest absolute Gasteiger partial charge is 0.191 e. The van der Waals surface area contributed by atoms with Crippen LogP contribution in [-0.2, 0) is 11.3 Å². The molecule has 0 radical (unpaired) electrons. The highest BCUT2D eigenvalue weighted by Gasteiger charge is 2.17. The van der Waals surface area contributed by atoms with Gasteiger partial charge >= 0.3 is 0 Å². The van der Waals surface area contributed by atoms with Gasteiger partial charge in [0.1, 0.15) is 11.6 Å². The van der Waals surface area contributed by atoms with Crippen LogP contribution in [0.2, 0.25) is 10.0 Å². The normalized spacial score (nSPS) is 14.6. The zero-order valence-electron chi connectivity index (χ0n) is 17.3. The molecule has 0 unspecified atom stereocenters. The van der Waals surface area contributed by atoms with Crippen molar-refractivity contribution in [2.45, 2.75) is 11.7 Å². The lowest BCUT2D eigenvalue weighted by Gasteiger charge is -2.27. The first kappa shape index (κ1) is 23.3. The number of rotatable bonds is 9. The summed E-state index contributed by atoms with van der Waals surface area (Å²) in [6.45, 7) is 5.33. The predicted octanol–water partition coefficient (Wildman–Crippen LogP) is 4.89. The number of nitrogens with zero attached hydrogens (tertiary/aromatic N) is 4. The molecule has 1 aromatic heterocycles. The minimum atomic E-state index is -0.278. The second kappa shape index (κ2) is 11.3. The fraction of sp³-hybridized carbons (Fsp3) is 0.364. The van der Waals surface area contributed by atoms with Gasteiger partial charge in [0.25, 0.3) is 0 Å². The second-order valence-corrected chi connectivity index (χ2v) is 9.10. The van der Waals surface area contributed by atoms with Crippen molar-refractivity contribution in [2.75, 3.05) is 45.2 Å². The monoisotopic (exact) mass is 496 g/mol. The van der Waals surface area contributed by atoms with E-state index in [1.54, 1.807) is 42.1 Å². The van der Waals surface area contributed by atoms with Crippen LogP contribution in [-0.4, -0.2) is 64.9 Å². The summed E-state index contributed by atoms with van der Waals surface area (Å²) in [6, 6.07) is 11.5. The average Bonchev–Trinajstić information content (AvgIpc) is 3.21. The van der Waals surface area contributed by atoms with Gasteiger partial charge in [0, 0.05) is 48.6 Å². The molecule has 0 amide bonds. The summed E-state index contributed by atoms with van der Waals surface area (Å²) < 4.78 is 26.7. The van der Waals surface area contributed by atoms with Crippen LogP contribution in [0.25, 0.3) is 11.4 Å². The average molecular weight is 497 g/mol. The Morgan fingerprint density at radius 1 is 1.03 bits per heavy atom. The molecule has 3 aromatic rings. The topological polar surface area (TPSA) is 52.4 Å². The molecule has 6 nitrogen and oxygen atoms in total. The van der Waals surface area contributed by atoms with Crippen LogP contribution < -0.4 is 4.74 Å². The highest BCUT2D eigenvalue weighted by Crippen LogP contribution is 2.29. The van der Waals surface area contributed by atoms with Crippen LogP contribution in [0.15, 0.2) is 47.6 Å². The standard InChI is InChI=1S/C22H23Cl2FN4O2S/c23-17-3-6-19(24)20(15-17)31-13-14-32-22-27-26-21(16-1-4-18(25)5-2-16)29(22)8-7-28-9-11-30-12-10-28/h1-6,15H,7-14H2. The number of hydrogen-bond donors (Lipinski definition) is 0. The van der Waals surface area contributed by atoms with Gasteiger partial charge < -0.3 is 14.0 Å². The molecule has 1 aliphatic heterocycles. The Kier molecular flexibility index (Phi) is 8.26. The highest BCUT2D eigenvalue weighted by molar-refractivity contribution is 7.99. The van der Waals surface area contributed by atoms with Gasteiger partial charge in [0.15, 0.2) is 11.0 Å². The molecular weight excluding hydrogens is 474 g/mol. The summed E-state index contributed by atoms with van der Waals surface area (Å²) in [4.78, 5) is 2.36. The molecule has 32 heavy (non-hydrogen) atoms. The van der Waals surface area contributed by atoms with Crippen LogP contribution in [0.4, 0.5) is 4.39 Å². The third kappa shape index (κ3) is 6.14. The molecule has 10 heteroatoms. The van der Waals surface area contributed by atoms with Crippen molar-refractivity contribution in [3.8, 4) is 17.1 Å². The first-order valence-electron chi connectivity index (χ1n) is 10.3. The number of halogens is 3. The van der Waals surface area contributed by atoms with Crippen molar-refractivity contribution >= 4 is 35.0 Å². The molecule has 0 atom stereocenters. The molecule has 0 bridgehead atoms. The van der Waals surface area contributed by atoms with E-state index >= 15 is 0 Å². The van der Waals surface area contributed by atoms with E-state index in [1.165, 1.54) is 12.1 Å². The number of aromatic nitrogens is 3. The van der Waals surface area contributed by atoms with Crippen molar-refractivity contribution in [1.29, 1.82) is 0 Å². The van der Waals surface area contributed by atoms with E-state index in [-0.39, 0.29) is 5.82 Å². The van der Waals surface area contributed by atoms with Crippen LogP contribution in [0, 0.1) is 5.82 Å². The lowest BCUT2D eigenvalue weighted by Crippen LogP contribution is -2.38. The molecule has 170 valence electrons. The van der Waals surface area contributed by atoms with E-state index in [0.29, 0.717) is 28.2 Å². The Labute approximate surface area is 200 Å². The molecule has 1 saturated heterocycles. The SMILES string of the molecule is Fc1ccc(-c2nnc(SCCOc3cc(Cl)ccc3Cl)n2CCN2CCOCC2)cc1. The molecule has 0 spiro atoms. The van der Waals surface area contributed by atoms with Crippen LogP contribution in [0.1, 0.15) is 0 Å². The number of ether oxygens (including phenoxy) is 2. The van der Waals surface area contributed by atoms with E-state index in [1.807, 2.05) is 0 Å². The molecule has 0 saturated carbocycles. The summed E-state index contributed by atoms with van der Waals surface area (Å²) in [5.41, 5.74) is 0.828. The fourth-order valence-electron chi connectivity index (χ4n) is 3.35. The predicted molar refractivity (Wildman–Crippen MR) is 125 cm³/mol. The van der Waals surface area contributed by atoms with Crippen LogP contribution >= 0.6 is 35.0 Å². The lowest BCUT2D eigenvalue weighted by molar-refractivity contribution is 0.0361. The van der Waals surface area contributed by atoms with Gasteiger partial charge in [-0.15, -0.1) is 10.2 Å². The van der Waals surface area contributed by atoms with Gasteiger partial charge in [-0.05, 0) is 36.4 Å². The van der Waals surface area contributed by atoms with E-state index in [2.05, 4.69) is 19.7 Å². The number of hydrogen-bond acceptors (Lipinski definition) is 6. The Morgan fingerprint density at radius 2 is 1.81 bits per heavy atom. The minimum Gasteiger partial charge on any atom is -0.491 e. The molecular formula is C22H23Cl2FN4O2S. The minimum absolute atomic E-state index is 0.278. The second-order valence-electron chi connectivity index (χ2n) is 7.19. The molecule has 0 N–H and O–H groups in total. The maximum atomic E-state index is 13.4. The largest absolute Gasteiger partial charge is 0.491 e. The van der Waals surface area contributed by atoms with E-state index in [4.69, 9.17) is 32.7 Å². The van der Waals surface area contributed by atoms with Crippen molar-refractivity contribution in [2.24, 2.45) is 0 Å². The lowest BCUT2D eigenvalue weighted by atomic mass is 10.2. The van der Waals surface area contributed by atoms with Gasteiger partial charge in [-0.2, -0.15) is 0 Å². The Hall–Kier alpha value is -1.84. The summed E-state index contributed by atoms with van der Waals surface area (Å²) in [6.07, 6.45) is 0. The van der Waals surface area contributed by atoms with Crippen molar-refractivity contribution in [3.63, 3.8) is 0 Å². The Balaban J connectivity index is 1.43. The number of benzene rings is 2. The molecule has 1 aliphatic rings. The van der Waals surface area contributed by atoms with Gasteiger partial charge in [-0.1, -0.05) is 35.0 Å². The first-order chi connectivity index (χ1) is 15.6. The first-order valence-corrected chi connectivity index (χ1v) is 12.0. The van der Waals surface area contributed by atoms with Gasteiger partial charge in [0.2, 0.25) is 0 Å². The Morgan fingerprint density at radius 3 is 2.59 bits per heavy atom. The molecule has 2 aromatic carbocycles. The molecule has 4 rings (SSSR count). The van der Waals surface area contributed by atoms with Crippen LogP contribution in [0.3, 0.4) is 0 Å². The quantitative estimate of drug-likeness (QED) is 0.310. The van der Waals surface area contributed by atoms with Crippen molar-refractivity contribution in [1.82, 2.24) is 19.7 Å². The molecule has 0 aliphatic carbocycles. The molecule has 1 fully saturated rings. The van der Waals surface area contributed by atoms with E-state index in [0.717, 1.165) is 55.9 Å².